The van der Waals surface area contributed by atoms with Gasteiger partial charge >= 0.3 is 0 Å². The highest BCUT2D eigenvalue weighted by Crippen LogP contribution is 2.17. The second-order valence-corrected chi connectivity index (χ2v) is 6.84. The van der Waals surface area contributed by atoms with Crippen LogP contribution in [0.15, 0.2) is 60.7 Å². The van der Waals surface area contributed by atoms with Crippen LogP contribution in [0, 0.1) is 0 Å². The van der Waals surface area contributed by atoms with E-state index < -0.39 is 0 Å². The van der Waals surface area contributed by atoms with Crippen molar-refractivity contribution in [2.75, 3.05) is 19.8 Å². The van der Waals surface area contributed by atoms with Crippen molar-refractivity contribution in [2.24, 2.45) is 0 Å². The number of hydrogen-bond donors (Lipinski definition) is 1. The average Bonchev–Trinajstić information content (AvgIpc) is 2.71. The summed E-state index contributed by atoms with van der Waals surface area (Å²) in [5, 5.41) is 10.0. The first-order valence-corrected chi connectivity index (χ1v) is 9.51. The zero-order valence-electron chi connectivity index (χ0n) is 15.3. The van der Waals surface area contributed by atoms with E-state index in [1.165, 1.54) is 11.1 Å². The highest BCUT2D eigenvalue weighted by Gasteiger charge is 2.22. The van der Waals surface area contributed by atoms with E-state index in [1.807, 2.05) is 12.1 Å². The molecule has 1 unspecified atom stereocenters. The van der Waals surface area contributed by atoms with Crippen molar-refractivity contribution in [3.63, 3.8) is 0 Å². The molecule has 1 saturated heterocycles. The standard InChI is InChI=1S/C22H29NO3/c24-17-21(18-26-22-13-7-8-14-25-22)23(15-19-9-3-1-4-10-19)16-20-11-5-2-6-12-20/h1-6,9-12,21-22,24H,7-8,13-18H2/t21-,22?/m1/s1. The molecule has 4 nitrogen and oxygen atoms in total. The van der Waals surface area contributed by atoms with Crippen LogP contribution < -0.4 is 0 Å². The molecule has 1 heterocycles. The minimum Gasteiger partial charge on any atom is -0.395 e. The van der Waals surface area contributed by atoms with Gasteiger partial charge in [0.05, 0.1) is 19.3 Å². The Morgan fingerprint density at radius 3 is 2.08 bits per heavy atom. The quantitative estimate of drug-likeness (QED) is 0.746. The van der Waals surface area contributed by atoms with Gasteiger partial charge in [-0.1, -0.05) is 60.7 Å². The minimum absolute atomic E-state index is 0.0619. The van der Waals surface area contributed by atoms with Gasteiger partial charge in [-0.15, -0.1) is 0 Å². The van der Waals surface area contributed by atoms with Gasteiger partial charge in [-0.25, -0.2) is 0 Å². The summed E-state index contributed by atoms with van der Waals surface area (Å²) >= 11 is 0. The molecule has 1 N–H and O–H groups in total. The summed E-state index contributed by atoms with van der Waals surface area (Å²) in [7, 11) is 0. The highest BCUT2D eigenvalue weighted by atomic mass is 16.7. The van der Waals surface area contributed by atoms with Crippen LogP contribution in [0.3, 0.4) is 0 Å². The van der Waals surface area contributed by atoms with Crippen LogP contribution in [0.4, 0.5) is 0 Å². The summed E-state index contributed by atoms with van der Waals surface area (Å²) in [6.45, 7) is 2.85. The van der Waals surface area contributed by atoms with Gasteiger partial charge in [-0.3, -0.25) is 4.90 Å². The second-order valence-electron chi connectivity index (χ2n) is 6.84. The Morgan fingerprint density at radius 2 is 1.58 bits per heavy atom. The zero-order chi connectivity index (χ0) is 18.0. The van der Waals surface area contributed by atoms with Crippen LogP contribution in [-0.4, -0.2) is 42.2 Å². The third-order valence-electron chi connectivity index (χ3n) is 4.80. The van der Waals surface area contributed by atoms with Crippen molar-refractivity contribution in [3.05, 3.63) is 71.8 Å². The minimum atomic E-state index is -0.131. The van der Waals surface area contributed by atoms with Gasteiger partial charge in [-0.05, 0) is 30.4 Å². The van der Waals surface area contributed by atoms with Crippen molar-refractivity contribution >= 4 is 0 Å². The molecular formula is C22H29NO3. The molecule has 2 atom stereocenters. The Bertz CT molecular complexity index is 572. The summed E-state index contributed by atoms with van der Waals surface area (Å²) in [5.41, 5.74) is 2.46. The Morgan fingerprint density at radius 1 is 0.962 bits per heavy atom. The molecule has 1 fully saturated rings. The van der Waals surface area contributed by atoms with Crippen molar-refractivity contribution in [1.82, 2.24) is 4.90 Å². The highest BCUT2D eigenvalue weighted by molar-refractivity contribution is 5.17. The van der Waals surface area contributed by atoms with E-state index in [9.17, 15) is 5.11 Å². The molecule has 0 saturated carbocycles. The van der Waals surface area contributed by atoms with Gasteiger partial charge in [0.1, 0.15) is 0 Å². The number of hydrogen-bond acceptors (Lipinski definition) is 4. The summed E-state index contributed by atoms with van der Waals surface area (Å²) < 4.78 is 11.6. The lowest BCUT2D eigenvalue weighted by Gasteiger charge is -2.32. The molecule has 1 aliphatic rings. The Kier molecular flexibility index (Phi) is 7.65. The number of aliphatic hydroxyl groups excluding tert-OH is 1. The molecule has 0 bridgehead atoms. The van der Waals surface area contributed by atoms with E-state index in [2.05, 4.69) is 53.4 Å². The van der Waals surface area contributed by atoms with Crippen molar-refractivity contribution in [2.45, 2.75) is 44.7 Å². The average molecular weight is 355 g/mol. The summed E-state index contributed by atoms with van der Waals surface area (Å²) in [6, 6.07) is 20.7. The normalized spacial score (nSPS) is 18.8. The zero-order valence-corrected chi connectivity index (χ0v) is 15.3. The number of ether oxygens (including phenoxy) is 2. The number of aliphatic hydroxyl groups is 1. The van der Waals surface area contributed by atoms with E-state index in [-0.39, 0.29) is 18.9 Å². The Labute approximate surface area is 156 Å². The molecular weight excluding hydrogens is 326 g/mol. The molecule has 0 aliphatic carbocycles. The number of rotatable bonds is 9. The maximum Gasteiger partial charge on any atom is 0.157 e. The van der Waals surface area contributed by atoms with Crippen molar-refractivity contribution in [1.29, 1.82) is 0 Å². The lowest BCUT2D eigenvalue weighted by molar-refractivity contribution is -0.173. The van der Waals surface area contributed by atoms with Gasteiger partial charge < -0.3 is 14.6 Å². The predicted octanol–water partition coefficient (Wildman–Crippen LogP) is 3.59. The molecule has 140 valence electrons. The first kappa shape index (κ1) is 19.1. The maximum atomic E-state index is 10.0. The summed E-state index contributed by atoms with van der Waals surface area (Å²) in [6.07, 6.45) is 3.06. The van der Waals surface area contributed by atoms with E-state index >= 15 is 0 Å². The molecule has 0 radical (unpaired) electrons. The maximum absolute atomic E-state index is 10.0. The van der Waals surface area contributed by atoms with E-state index in [0.717, 1.165) is 39.0 Å². The van der Waals surface area contributed by atoms with Crippen LogP contribution in [0.2, 0.25) is 0 Å². The topological polar surface area (TPSA) is 41.9 Å². The Hall–Kier alpha value is -1.72. The van der Waals surface area contributed by atoms with Gasteiger partial charge in [0.2, 0.25) is 0 Å². The fourth-order valence-electron chi connectivity index (χ4n) is 3.28. The first-order chi connectivity index (χ1) is 12.8. The van der Waals surface area contributed by atoms with E-state index in [4.69, 9.17) is 9.47 Å². The van der Waals surface area contributed by atoms with Crippen molar-refractivity contribution < 1.29 is 14.6 Å². The molecule has 2 aromatic carbocycles. The third kappa shape index (κ3) is 5.92. The van der Waals surface area contributed by atoms with Crippen LogP contribution in [0.25, 0.3) is 0 Å². The molecule has 26 heavy (non-hydrogen) atoms. The van der Waals surface area contributed by atoms with Crippen molar-refractivity contribution in [3.8, 4) is 0 Å². The lowest BCUT2D eigenvalue weighted by atomic mass is 10.1. The molecule has 0 aromatic heterocycles. The molecule has 0 amide bonds. The van der Waals surface area contributed by atoms with Gasteiger partial charge in [0.25, 0.3) is 0 Å². The molecule has 1 aliphatic heterocycles. The fraction of sp³-hybridized carbons (Fsp3) is 0.455. The van der Waals surface area contributed by atoms with Gasteiger partial charge in [0, 0.05) is 19.7 Å². The molecule has 0 spiro atoms. The van der Waals surface area contributed by atoms with E-state index in [0.29, 0.717) is 6.61 Å². The Balaban J connectivity index is 1.66. The second kappa shape index (κ2) is 10.4. The summed E-state index contributed by atoms with van der Waals surface area (Å²) in [5.74, 6) is 0. The monoisotopic (exact) mass is 355 g/mol. The fourth-order valence-corrected chi connectivity index (χ4v) is 3.28. The van der Waals surface area contributed by atoms with E-state index in [1.54, 1.807) is 0 Å². The summed E-state index contributed by atoms with van der Waals surface area (Å²) in [4.78, 5) is 2.29. The molecule has 2 aromatic rings. The lowest BCUT2D eigenvalue weighted by Crippen LogP contribution is -2.42. The van der Waals surface area contributed by atoms with Crippen LogP contribution in [-0.2, 0) is 22.6 Å². The molecule has 4 heteroatoms. The third-order valence-corrected chi connectivity index (χ3v) is 4.80. The number of nitrogens with zero attached hydrogens (tertiary/aromatic N) is 1. The van der Waals surface area contributed by atoms with Crippen LogP contribution >= 0.6 is 0 Å². The smallest absolute Gasteiger partial charge is 0.157 e. The van der Waals surface area contributed by atoms with Gasteiger partial charge in [-0.2, -0.15) is 0 Å². The largest absolute Gasteiger partial charge is 0.395 e. The molecule has 3 rings (SSSR count). The van der Waals surface area contributed by atoms with Crippen LogP contribution in [0.1, 0.15) is 30.4 Å². The number of benzene rings is 2. The first-order valence-electron chi connectivity index (χ1n) is 9.51. The SMILES string of the molecule is OC[C@H](COC1CCCCO1)N(Cc1ccccc1)Cc1ccccc1. The van der Waals surface area contributed by atoms with Crippen LogP contribution in [0.5, 0.6) is 0 Å². The van der Waals surface area contributed by atoms with Gasteiger partial charge in [0.15, 0.2) is 6.29 Å². The predicted molar refractivity (Wildman–Crippen MR) is 103 cm³/mol.